The van der Waals surface area contributed by atoms with E-state index < -0.39 is 0 Å². The maximum Gasteiger partial charge on any atom is 0.129 e. The second-order valence-corrected chi connectivity index (χ2v) is 4.43. The number of halogens is 1. The number of nitrogens with one attached hydrogen (secondary N) is 1. The molecule has 1 aliphatic heterocycles. The molecule has 1 aromatic rings. The summed E-state index contributed by atoms with van der Waals surface area (Å²) in [6.07, 6.45) is 2.40. The summed E-state index contributed by atoms with van der Waals surface area (Å²) in [7, 11) is 0. The van der Waals surface area contributed by atoms with Crippen LogP contribution in [0.4, 0.5) is 4.39 Å². The van der Waals surface area contributed by atoms with Gasteiger partial charge in [0.2, 0.25) is 0 Å². The molecule has 1 aromatic carbocycles. The van der Waals surface area contributed by atoms with Crippen LogP contribution >= 0.6 is 0 Å². The van der Waals surface area contributed by atoms with Crippen molar-refractivity contribution in [3.8, 4) is 5.75 Å². The SMILES string of the molecule is Cc1ccc(OCC2CCCNC2)cc1F. The zero-order valence-corrected chi connectivity index (χ0v) is 9.63. The molecule has 2 nitrogen and oxygen atoms in total. The van der Waals surface area contributed by atoms with Crippen molar-refractivity contribution in [1.82, 2.24) is 5.32 Å². The molecule has 2 rings (SSSR count). The highest BCUT2D eigenvalue weighted by Gasteiger charge is 2.13. The summed E-state index contributed by atoms with van der Waals surface area (Å²) in [6.45, 7) is 4.55. The van der Waals surface area contributed by atoms with Crippen molar-refractivity contribution in [2.75, 3.05) is 19.7 Å². The van der Waals surface area contributed by atoms with Crippen LogP contribution in [0.2, 0.25) is 0 Å². The van der Waals surface area contributed by atoms with Gasteiger partial charge in [-0.2, -0.15) is 0 Å². The molecule has 0 saturated carbocycles. The van der Waals surface area contributed by atoms with Crippen LogP contribution in [0.15, 0.2) is 18.2 Å². The highest BCUT2D eigenvalue weighted by atomic mass is 19.1. The smallest absolute Gasteiger partial charge is 0.129 e. The lowest BCUT2D eigenvalue weighted by Gasteiger charge is -2.22. The van der Waals surface area contributed by atoms with Crippen LogP contribution in [0.3, 0.4) is 0 Å². The molecule has 0 aliphatic carbocycles. The maximum absolute atomic E-state index is 13.3. The lowest BCUT2D eigenvalue weighted by Crippen LogP contribution is -2.33. The van der Waals surface area contributed by atoms with E-state index >= 15 is 0 Å². The molecule has 1 heterocycles. The van der Waals surface area contributed by atoms with E-state index in [-0.39, 0.29) is 5.82 Å². The Morgan fingerprint density at radius 3 is 3.06 bits per heavy atom. The molecule has 1 N–H and O–H groups in total. The second kappa shape index (κ2) is 5.30. The number of benzene rings is 1. The fourth-order valence-corrected chi connectivity index (χ4v) is 1.94. The van der Waals surface area contributed by atoms with Gasteiger partial charge in [-0.05, 0) is 37.9 Å². The largest absolute Gasteiger partial charge is 0.493 e. The average molecular weight is 223 g/mol. The normalized spacial score (nSPS) is 20.8. The molecule has 1 fully saturated rings. The van der Waals surface area contributed by atoms with Crippen LogP contribution in [0.5, 0.6) is 5.75 Å². The van der Waals surface area contributed by atoms with E-state index in [0.29, 0.717) is 23.8 Å². The minimum atomic E-state index is -0.195. The van der Waals surface area contributed by atoms with Gasteiger partial charge in [-0.25, -0.2) is 4.39 Å². The van der Waals surface area contributed by atoms with E-state index in [2.05, 4.69) is 5.32 Å². The van der Waals surface area contributed by atoms with Gasteiger partial charge in [0.15, 0.2) is 0 Å². The van der Waals surface area contributed by atoms with E-state index in [1.54, 1.807) is 13.0 Å². The Kier molecular flexibility index (Phi) is 3.78. The fraction of sp³-hybridized carbons (Fsp3) is 0.538. The third-order valence-electron chi connectivity index (χ3n) is 3.03. The van der Waals surface area contributed by atoms with E-state index in [9.17, 15) is 4.39 Å². The van der Waals surface area contributed by atoms with E-state index in [1.165, 1.54) is 18.9 Å². The Balaban J connectivity index is 1.86. The molecule has 0 amide bonds. The molecule has 0 spiro atoms. The van der Waals surface area contributed by atoms with Crippen molar-refractivity contribution in [3.63, 3.8) is 0 Å². The van der Waals surface area contributed by atoms with Crippen LogP contribution in [-0.4, -0.2) is 19.7 Å². The number of hydrogen-bond donors (Lipinski definition) is 1. The number of rotatable bonds is 3. The summed E-state index contributed by atoms with van der Waals surface area (Å²) < 4.78 is 18.9. The monoisotopic (exact) mass is 223 g/mol. The fourth-order valence-electron chi connectivity index (χ4n) is 1.94. The molecule has 1 unspecified atom stereocenters. The zero-order valence-electron chi connectivity index (χ0n) is 9.63. The van der Waals surface area contributed by atoms with Gasteiger partial charge in [-0.15, -0.1) is 0 Å². The Morgan fingerprint density at radius 2 is 2.38 bits per heavy atom. The van der Waals surface area contributed by atoms with E-state index in [0.717, 1.165) is 13.1 Å². The molecular weight excluding hydrogens is 205 g/mol. The van der Waals surface area contributed by atoms with Crippen molar-refractivity contribution < 1.29 is 9.13 Å². The molecule has 0 bridgehead atoms. The van der Waals surface area contributed by atoms with E-state index in [1.807, 2.05) is 6.07 Å². The van der Waals surface area contributed by atoms with Gasteiger partial charge in [0.05, 0.1) is 6.61 Å². The second-order valence-electron chi connectivity index (χ2n) is 4.43. The van der Waals surface area contributed by atoms with Crippen molar-refractivity contribution in [3.05, 3.63) is 29.6 Å². The third-order valence-corrected chi connectivity index (χ3v) is 3.03. The Morgan fingerprint density at radius 1 is 1.50 bits per heavy atom. The first kappa shape index (κ1) is 11.4. The highest BCUT2D eigenvalue weighted by molar-refractivity contribution is 5.27. The lowest BCUT2D eigenvalue weighted by molar-refractivity contribution is 0.218. The summed E-state index contributed by atoms with van der Waals surface area (Å²) >= 11 is 0. The standard InChI is InChI=1S/C13H18FNO/c1-10-4-5-12(7-13(10)14)16-9-11-3-2-6-15-8-11/h4-5,7,11,15H,2-3,6,8-9H2,1H3. The van der Waals surface area contributed by atoms with Crippen molar-refractivity contribution in [1.29, 1.82) is 0 Å². The molecular formula is C13H18FNO. The number of piperidine rings is 1. The minimum absolute atomic E-state index is 0.195. The summed E-state index contributed by atoms with van der Waals surface area (Å²) in [5.41, 5.74) is 0.659. The van der Waals surface area contributed by atoms with Crippen molar-refractivity contribution in [2.45, 2.75) is 19.8 Å². The maximum atomic E-state index is 13.3. The minimum Gasteiger partial charge on any atom is -0.493 e. The topological polar surface area (TPSA) is 21.3 Å². The quantitative estimate of drug-likeness (QED) is 0.850. The van der Waals surface area contributed by atoms with Crippen LogP contribution in [0.1, 0.15) is 18.4 Å². The summed E-state index contributed by atoms with van der Waals surface area (Å²) in [5.74, 6) is 0.992. The van der Waals surface area contributed by atoms with Crippen molar-refractivity contribution >= 4 is 0 Å². The molecule has 1 aliphatic rings. The van der Waals surface area contributed by atoms with Gasteiger partial charge < -0.3 is 10.1 Å². The summed E-state index contributed by atoms with van der Waals surface area (Å²) in [4.78, 5) is 0. The van der Waals surface area contributed by atoms with Gasteiger partial charge in [0.25, 0.3) is 0 Å². The Hall–Kier alpha value is -1.09. The predicted molar refractivity (Wildman–Crippen MR) is 62.2 cm³/mol. The van der Waals surface area contributed by atoms with Gasteiger partial charge >= 0.3 is 0 Å². The van der Waals surface area contributed by atoms with E-state index in [4.69, 9.17) is 4.74 Å². The molecule has 88 valence electrons. The Labute approximate surface area is 95.8 Å². The number of hydrogen-bond acceptors (Lipinski definition) is 2. The number of aryl methyl sites for hydroxylation is 1. The first-order valence-corrected chi connectivity index (χ1v) is 5.85. The first-order valence-electron chi connectivity index (χ1n) is 5.85. The lowest BCUT2D eigenvalue weighted by atomic mass is 10.0. The Bertz CT molecular complexity index is 348. The molecule has 1 saturated heterocycles. The zero-order chi connectivity index (χ0) is 11.4. The molecule has 16 heavy (non-hydrogen) atoms. The molecule has 3 heteroatoms. The van der Waals surface area contributed by atoms with Crippen molar-refractivity contribution in [2.24, 2.45) is 5.92 Å². The molecule has 1 atom stereocenters. The third kappa shape index (κ3) is 2.95. The van der Waals surface area contributed by atoms with Gasteiger partial charge in [0, 0.05) is 18.5 Å². The van der Waals surface area contributed by atoms with Gasteiger partial charge in [-0.1, -0.05) is 6.07 Å². The van der Waals surface area contributed by atoms with Crippen LogP contribution in [0, 0.1) is 18.7 Å². The molecule has 0 radical (unpaired) electrons. The molecule has 0 aromatic heterocycles. The van der Waals surface area contributed by atoms with Gasteiger partial charge in [0.1, 0.15) is 11.6 Å². The summed E-state index contributed by atoms with van der Waals surface area (Å²) in [5, 5.41) is 3.34. The van der Waals surface area contributed by atoms with Crippen LogP contribution in [0.25, 0.3) is 0 Å². The first-order chi connectivity index (χ1) is 7.75. The van der Waals surface area contributed by atoms with Crippen LogP contribution in [-0.2, 0) is 0 Å². The van der Waals surface area contributed by atoms with Crippen LogP contribution < -0.4 is 10.1 Å². The predicted octanol–water partition coefficient (Wildman–Crippen LogP) is 2.51. The number of ether oxygens (including phenoxy) is 1. The van der Waals surface area contributed by atoms with Gasteiger partial charge in [-0.3, -0.25) is 0 Å². The summed E-state index contributed by atoms with van der Waals surface area (Å²) in [6, 6.07) is 5.05. The highest BCUT2D eigenvalue weighted by Crippen LogP contribution is 2.18. The average Bonchev–Trinajstić information content (AvgIpc) is 2.32.